The molecular formula is C18H21N3O2. The molecule has 1 atom stereocenters. The van der Waals surface area contributed by atoms with Gasteiger partial charge >= 0.3 is 0 Å². The molecule has 0 saturated carbocycles. The summed E-state index contributed by atoms with van der Waals surface area (Å²) in [6.07, 6.45) is 1.82. The average Bonchev–Trinajstić information content (AvgIpc) is 3.02. The molecule has 2 aromatic rings. The third-order valence-corrected chi connectivity index (χ3v) is 4.18. The minimum Gasteiger partial charge on any atom is -0.350 e. The van der Waals surface area contributed by atoms with Crippen LogP contribution in [0.2, 0.25) is 0 Å². The van der Waals surface area contributed by atoms with Crippen molar-refractivity contribution >= 4 is 11.8 Å². The molecule has 0 fully saturated rings. The zero-order chi connectivity index (χ0) is 16.4. The second kappa shape index (κ2) is 6.28. The fourth-order valence-corrected chi connectivity index (χ4v) is 2.74. The van der Waals surface area contributed by atoms with Gasteiger partial charge in [-0.25, -0.2) is 0 Å². The van der Waals surface area contributed by atoms with Crippen LogP contribution < -0.4 is 10.6 Å². The van der Waals surface area contributed by atoms with Crippen LogP contribution in [-0.2, 0) is 17.9 Å². The van der Waals surface area contributed by atoms with Crippen molar-refractivity contribution in [2.75, 3.05) is 0 Å². The van der Waals surface area contributed by atoms with Crippen molar-refractivity contribution in [1.82, 2.24) is 15.2 Å². The predicted octanol–water partition coefficient (Wildman–Crippen LogP) is 2.04. The molecule has 23 heavy (non-hydrogen) atoms. The number of hydrogen-bond acceptors (Lipinski definition) is 2. The quantitative estimate of drug-likeness (QED) is 0.907. The van der Waals surface area contributed by atoms with Crippen LogP contribution in [0.25, 0.3) is 0 Å². The summed E-state index contributed by atoms with van der Waals surface area (Å²) in [6.45, 7) is 5.23. The minimum absolute atomic E-state index is 0.161. The molecule has 1 unspecified atom stereocenters. The van der Waals surface area contributed by atoms with E-state index in [1.165, 1.54) is 5.56 Å². The Bertz CT molecular complexity index is 716. The molecule has 0 aliphatic carbocycles. The van der Waals surface area contributed by atoms with E-state index < -0.39 is 6.04 Å². The lowest BCUT2D eigenvalue weighted by Crippen LogP contribution is -2.52. The number of nitrogens with zero attached hydrogens (tertiary/aromatic N) is 1. The summed E-state index contributed by atoms with van der Waals surface area (Å²) < 4.78 is 1.81. The van der Waals surface area contributed by atoms with Gasteiger partial charge in [0.25, 0.3) is 5.91 Å². The molecule has 2 amide bonds. The number of hydrogen-bond donors (Lipinski definition) is 2. The van der Waals surface area contributed by atoms with Gasteiger partial charge in [0.2, 0.25) is 5.91 Å². The van der Waals surface area contributed by atoms with Crippen LogP contribution >= 0.6 is 0 Å². The molecule has 0 bridgehead atoms. The van der Waals surface area contributed by atoms with Crippen molar-refractivity contribution in [1.29, 1.82) is 0 Å². The van der Waals surface area contributed by atoms with E-state index in [-0.39, 0.29) is 11.8 Å². The number of carbonyl (C=O) groups excluding carboxylic acids is 2. The van der Waals surface area contributed by atoms with Crippen molar-refractivity contribution in [3.05, 3.63) is 59.4 Å². The fourth-order valence-electron chi connectivity index (χ4n) is 2.74. The monoisotopic (exact) mass is 311 g/mol. The van der Waals surface area contributed by atoms with Gasteiger partial charge in [-0.15, -0.1) is 0 Å². The minimum atomic E-state index is -0.530. The lowest BCUT2D eigenvalue weighted by atomic mass is 10.0. The molecule has 2 N–H and O–H groups in total. The van der Waals surface area contributed by atoms with E-state index in [1.54, 1.807) is 10.6 Å². The van der Waals surface area contributed by atoms with Gasteiger partial charge in [0.1, 0.15) is 11.7 Å². The molecular weight excluding hydrogens is 290 g/mol. The van der Waals surface area contributed by atoms with Gasteiger partial charge in [0.05, 0.1) is 6.54 Å². The first-order valence-corrected chi connectivity index (χ1v) is 7.87. The maximum Gasteiger partial charge on any atom is 0.268 e. The van der Waals surface area contributed by atoms with Crippen LogP contribution in [0.3, 0.4) is 0 Å². The number of aromatic nitrogens is 1. The third-order valence-electron chi connectivity index (χ3n) is 4.18. The molecule has 1 aromatic heterocycles. The molecule has 5 heteroatoms. The molecule has 3 rings (SSSR count). The molecule has 1 aliphatic rings. The SMILES string of the molecule is CC(C)c1ccc(CNC(=O)C2Cn3cccc3C(=O)N2)cc1. The van der Waals surface area contributed by atoms with E-state index in [0.717, 1.165) is 5.56 Å². The maximum atomic E-state index is 12.3. The van der Waals surface area contributed by atoms with Gasteiger partial charge in [-0.05, 0) is 29.2 Å². The Hall–Kier alpha value is -2.56. The number of amides is 2. The van der Waals surface area contributed by atoms with E-state index in [2.05, 4.69) is 36.6 Å². The predicted molar refractivity (Wildman–Crippen MR) is 88.1 cm³/mol. The summed E-state index contributed by atoms with van der Waals surface area (Å²) in [4.78, 5) is 24.2. The van der Waals surface area contributed by atoms with E-state index in [4.69, 9.17) is 0 Å². The topological polar surface area (TPSA) is 63.1 Å². The molecule has 1 aliphatic heterocycles. The molecule has 0 radical (unpaired) electrons. The Morgan fingerprint density at radius 1 is 1.30 bits per heavy atom. The molecule has 5 nitrogen and oxygen atoms in total. The van der Waals surface area contributed by atoms with Crippen molar-refractivity contribution in [3.8, 4) is 0 Å². The van der Waals surface area contributed by atoms with Gasteiger partial charge in [-0.1, -0.05) is 38.1 Å². The Balaban J connectivity index is 1.59. The number of fused-ring (bicyclic) bond motifs is 1. The summed E-state index contributed by atoms with van der Waals surface area (Å²) in [5, 5.41) is 5.64. The Labute approximate surface area is 135 Å². The zero-order valence-corrected chi connectivity index (χ0v) is 13.4. The van der Waals surface area contributed by atoms with Gasteiger partial charge in [-0.2, -0.15) is 0 Å². The summed E-state index contributed by atoms with van der Waals surface area (Å²) in [5.41, 5.74) is 2.92. The standard InChI is InChI=1S/C18H21N3O2/c1-12(2)14-7-5-13(6-8-14)10-19-17(22)15-11-21-9-3-4-16(21)18(23)20-15/h3-9,12,15H,10-11H2,1-2H3,(H,19,22)(H,20,23). The summed E-state index contributed by atoms with van der Waals surface area (Å²) >= 11 is 0. The van der Waals surface area contributed by atoms with Gasteiger partial charge in [0.15, 0.2) is 0 Å². The van der Waals surface area contributed by atoms with Crippen LogP contribution in [0.4, 0.5) is 0 Å². The number of benzene rings is 1. The smallest absolute Gasteiger partial charge is 0.268 e. The fraction of sp³-hybridized carbons (Fsp3) is 0.333. The van der Waals surface area contributed by atoms with Gasteiger partial charge in [-0.3, -0.25) is 9.59 Å². The lowest BCUT2D eigenvalue weighted by molar-refractivity contribution is -0.123. The molecule has 2 heterocycles. The Morgan fingerprint density at radius 2 is 2.04 bits per heavy atom. The van der Waals surface area contributed by atoms with Crippen LogP contribution in [0.15, 0.2) is 42.6 Å². The highest BCUT2D eigenvalue weighted by Gasteiger charge is 2.28. The van der Waals surface area contributed by atoms with Crippen LogP contribution in [-0.4, -0.2) is 22.4 Å². The second-order valence-electron chi connectivity index (χ2n) is 6.19. The van der Waals surface area contributed by atoms with Crippen molar-refractivity contribution in [2.24, 2.45) is 0 Å². The molecule has 0 saturated heterocycles. The van der Waals surface area contributed by atoms with Crippen molar-refractivity contribution in [3.63, 3.8) is 0 Å². The summed E-state index contributed by atoms with van der Waals surface area (Å²) in [5.74, 6) is 0.125. The summed E-state index contributed by atoms with van der Waals surface area (Å²) in [7, 11) is 0. The highest BCUT2D eigenvalue weighted by molar-refractivity contribution is 5.97. The number of carbonyl (C=O) groups is 2. The largest absolute Gasteiger partial charge is 0.350 e. The molecule has 1 aromatic carbocycles. The van der Waals surface area contributed by atoms with E-state index in [1.807, 2.05) is 24.4 Å². The number of rotatable bonds is 4. The third kappa shape index (κ3) is 3.28. The van der Waals surface area contributed by atoms with Crippen molar-refractivity contribution < 1.29 is 9.59 Å². The Morgan fingerprint density at radius 3 is 2.74 bits per heavy atom. The van der Waals surface area contributed by atoms with Gasteiger partial charge < -0.3 is 15.2 Å². The maximum absolute atomic E-state index is 12.3. The van der Waals surface area contributed by atoms with Crippen molar-refractivity contribution in [2.45, 2.75) is 38.9 Å². The first-order valence-electron chi connectivity index (χ1n) is 7.87. The Kier molecular flexibility index (Phi) is 4.19. The average molecular weight is 311 g/mol. The normalized spacial score (nSPS) is 16.8. The van der Waals surface area contributed by atoms with Gasteiger partial charge in [0, 0.05) is 12.7 Å². The van der Waals surface area contributed by atoms with Crippen LogP contribution in [0, 0.1) is 0 Å². The second-order valence-corrected chi connectivity index (χ2v) is 6.19. The first kappa shape index (κ1) is 15.3. The first-order chi connectivity index (χ1) is 11.0. The zero-order valence-electron chi connectivity index (χ0n) is 13.4. The van der Waals surface area contributed by atoms with E-state index >= 15 is 0 Å². The van der Waals surface area contributed by atoms with E-state index in [0.29, 0.717) is 24.7 Å². The lowest BCUT2D eigenvalue weighted by Gasteiger charge is -2.24. The van der Waals surface area contributed by atoms with Crippen LogP contribution in [0.5, 0.6) is 0 Å². The van der Waals surface area contributed by atoms with Crippen LogP contribution in [0.1, 0.15) is 41.4 Å². The summed E-state index contributed by atoms with van der Waals surface area (Å²) in [6, 6.07) is 11.3. The molecule has 120 valence electrons. The number of nitrogens with one attached hydrogen (secondary N) is 2. The highest BCUT2D eigenvalue weighted by atomic mass is 16.2. The highest BCUT2D eigenvalue weighted by Crippen LogP contribution is 2.15. The van der Waals surface area contributed by atoms with E-state index in [9.17, 15) is 9.59 Å². The molecule has 0 spiro atoms.